The molecule has 4 nitrogen and oxygen atoms in total. The number of benzene rings is 3. The van der Waals surface area contributed by atoms with Gasteiger partial charge in [-0.25, -0.2) is 9.59 Å². The predicted octanol–water partition coefficient (Wildman–Crippen LogP) is 8.79. The number of carbonyl (C=O) groups excluding carboxylic acids is 2. The summed E-state index contributed by atoms with van der Waals surface area (Å²) < 4.78 is 11.3. The Bertz CT molecular complexity index is 1240. The Hall–Kier alpha value is -2.24. The van der Waals surface area contributed by atoms with Crippen molar-refractivity contribution in [2.24, 2.45) is 0 Å². The number of ether oxygens (including phenoxy) is 2. The van der Waals surface area contributed by atoms with Crippen molar-refractivity contribution in [3.8, 4) is 11.5 Å². The zero-order chi connectivity index (χ0) is 24.2. The molecule has 176 valence electrons. The summed E-state index contributed by atoms with van der Waals surface area (Å²) in [4.78, 5) is 25.5. The molecule has 3 aromatic carbocycles. The minimum atomic E-state index is -0.603. The monoisotopic (exact) mass is 536 g/mol. The van der Waals surface area contributed by atoms with Gasteiger partial charge in [-0.2, -0.15) is 0 Å². The second kappa shape index (κ2) is 11.0. The van der Waals surface area contributed by atoms with Gasteiger partial charge < -0.3 is 9.47 Å². The van der Waals surface area contributed by atoms with Crippen LogP contribution in [0.15, 0.2) is 54.6 Å². The Morgan fingerprint density at radius 1 is 0.676 bits per heavy atom. The van der Waals surface area contributed by atoms with Crippen LogP contribution in [0.4, 0.5) is 0 Å². The molecule has 4 rings (SSSR count). The molecular formula is C26H20Cl4O4. The van der Waals surface area contributed by atoms with Gasteiger partial charge in [0.05, 0.1) is 21.2 Å². The van der Waals surface area contributed by atoms with E-state index in [2.05, 4.69) is 0 Å². The van der Waals surface area contributed by atoms with Gasteiger partial charge in [0, 0.05) is 15.6 Å². The van der Waals surface area contributed by atoms with Gasteiger partial charge >= 0.3 is 11.9 Å². The fraction of sp³-hybridized carbons (Fsp3) is 0.231. The number of rotatable bonds is 5. The molecule has 0 aliphatic heterocycles. The van der Waals surface area contributed by atoms with Crippen molar-refractivity contribution in [2.45, 2.75) is 38.0 Å². The molecule has 1 saturated carbocycles. The standard InChI is InChI=1S/C26H20Cl4O4/c27-16-6-9-19(22(29)12-16)25(31)33-18-8-11-24(21(14-18)15-4-2-1-3-5-15)34-26(32)20-10-7-17(28)13-23(20)30/h6-15H,1-5H2. The third-order valence-electron chi connectivity index (χ3n) is 5.74. The highest BCUT2D eigenvalue weighted by molar-refractivity contribution is 6.37. The van der Waals surface area contributed by atoms with E-state index in [0.717, 1.165) is 37.7 Å². The molecule has 0 heterocycles. The van der Waals surface area contributed by atoms with Crippen molar-refractivity contribution in [2.75, 3.05) is 0 Å². The van der Waals surface area contributed by atoms with Crippen LogP contribution in [0.1, 0.15) is 64.3 Å². The minimum Gasteiger partial charge on any atom is -0.423 e. The average molecular weight is 538 g/mol. The van der Waals surface area contributed by atoms with Crippen LogP contribution >= 0.6 is 46.4 Å². The van der Waals surface area contributed by atoms with Crippen molar-refractivity contribution in [1.82, 2.24) is 0 Å². The van der Waals surface area contributed by atoms with Gasteiger partial charge in [-0.3, -0.25) is 0 Å². The van der Waals surface area contributed by atoms with E-state index in [0.29, 0.717) is 21.5 Å². The second-order valence-corrected chi connectivity index (χ2v) is 9.75. The molecule has 0 saturated heterocycles. The molecule has 0 bridgehead atoms. The van der Waals surface area contributed by atoms with Crippen LogP contribution in [0, 0.1) is 0 Å². The molecule has 1 aliphatic carbocycles. The third-order valence-corrected chi connectivity index (χ3v) is 6.84. The predicted molar refractivity (Wildman–Crippen MR) is 135 cm³/mol. The largest absolute Gasteiger partial charge is 0.423 e. The maximum atomic E-state index is 12.8. The van der Waals surface area contributed by atoms with Crippen LogP contribution in [-0.2, 0) is 0 Å². The molecule has 0 aromatic heterocycles. The average Bonchev–Trinajstić information content (AvgIpc) is 2.80. The van der Waals surface area contributed by atoms with Crippen molar-refractivity contribution in [3.63, 3.8) is 0 Å². The van der Waals surface area contributed by atoms with E-state index < -0.39 is 11.9 Å². The van der Waals surface area contributed by atoms with Crippen LogP contribution in [0.5, 0.6) is 11.5 Å². The van der Waals surface area contributed by atoms with Crippen molar-refractivity contribution >= 4 is 58.3 Å². The lowest BCUT2D eigenvalue weighted by Crippen LogP contribution is -2.14. The third kappa shape index (κ3) is 5.87. The molecule has 1 fully saturated rings. The number of esters is 2. The highest BCUT2D eigenvalue weighted by Crippen LogP contribution is 2.40. The number of carbonyl (C=O) groups is 2. The lowest BCUT2D eigenvalue weighted by atomic mass is 9.83. The molecule has 8 heteroatoms. The fourth-order valence-corrected chi connectivity index (χ4v) is 5.01. The normalized spacial score (nSPS) is 14.0. The summed E-state index contributed by atoms with van der Waals surface area (Å²) in [5.41, 5.74) is 1.23. The summed E-state index contributed by atoms with van der Waals surface area (Å²) in [7, 11) is 0. The summed E-state index contributed by atoms with van der Waals surface area (Å²) >= 11 is 24.2. The summed E-state index contributed by atoms with van der Waals surface area (Å²) in [6, 6.07) is 14.1. The van der Waals surface area contributed by atoms with E-state index in [9.17, 15) is 9.59 Å². The summed E-state index contributed by atoms with van der Waals surface area (Å²) in [6.07, 6.45) is 5.21. The lowest BCUT2D eigenvalue weighted by Gasteiger charge is -2.24. The number of hydrogen-bond acceptors (Lipinski definition) is 4. The Morgan fingerprint density at radius 2 is 1.24 bits per heavy atom. The molecule has 3 aromatic rings. The van der Waals surface area contributed by atoms with Crippen LogP contribution in [-0.4, -0.2) is 11.9 Å². The summed E-state index contributed by atoms with van der Waals surface area (Å²) in [5.74, 6) is -0.270. The maximum absolute atomic E-state index is 12.8. The van der Waals surface area contributed by atoms with Crippen molar-refractivity contribution < 1.29 is 19.1 Å². The lowest BCUT2D eigenvalue weighted by molar-refractivity contribution is 0.0717. The van der Waals surface area contributed by atoms with E-state index in [1.54, 1.807) is 30.3 Å². The van der Waals surface area contributed by atoms with Gasteiger partial charge in [-0.05, 0) is 73.4 Å². The molecule has 0 radical (unpaired) electrons. The van der Waals surface area contributed by atoms with Gasteiger partial charge in [-0.1, -0.05) is 65.7 Å². The van der Waals surface area contributed by atoms with Gasteiger partial charge in [0.2, 0.25) is 0 Å². The summed E-state index contributed by atoms with van der Waals surface area (Å²) in [6.45, 7) is 0. The Morgan fingerprint density at radius 3 is 1.79 bits per heavy atom. The molecule has 34 heavy (non-hydrogen) atoms. The smallest absolute Gasteiger partial charge is 0.345 e. The molecule has 0 unspecified atom stereocenters. The van der Waals surface area contributed by atoms with E-state index in [-0.39, 0.29) is 27.1 Å². The highest BCUT2D eigenvalue weighted by atomic mass is 35.5. The fourth-order valence-electron chi connectivity index (χ4n) is 4.04. The van der Waals surface area contributed by atoms with E-state index in [4.69, 9.17) is 55.9 Å². The van der Waals surface area contributed by atoms with E-state index >= 15 is 0 Å². The van der Waals surface area contributed by atoms with Gasteiger partial charge in [0.25, 0.3) is 0 Å². The molecule has 1 aliphatic rings. The number of halogens is 4. The van der Waals surface area contributed by atoms with E-state index in [1.807, 2.05) is 0 Å². The SMILES string of the molecule is O=C(Oc1ccc(OC(=O)c2ccc(Cl)cc2Cl)c(C2CCCCC2)c1)c1ccc(Cl)cc1Cl. The van der Waals surface area contributed by atoms with Gasteiger partial charge in [0.15, 0.2) is 0 Å². The topological polar surface area (TPSA) is 52.6 Å². The van der Waals surface area contributed by atoms with Crippen molar-refractivity contribution in [3.05, 3.63) is 91.4 Å². The Kier molecular flexibility index (Phi) is 8.05. The first-order valence-electron chi connectivity index (χ1n) is 10.8. The molecule has 0 amide bonds. The number of hydrogen-bond donors (Lipinski definition) is 0. The van der Waals surface area contributed by atoms with Crippen LogP contribution in [0.2, 0.25) is 20.1 Å². The van der Waals surface area contributed by atoms with Crippen LogP contribution in [0.3, 0.4) is 0 Å². The molecule has 0 N–H and O–H groups in total. The minimum absolute atomic E-state index is 0.176. The Labute approximate surface area is 217 Å². The van der Waals surface area contributed by atoms with Crippen molar-refractivity contribution in [1.29, 1.82) is 0 Å². The van der Waals surface area contributed by atoms with Crippen LogP contribution < -0.4 is 9.47 Å². The Balaban J connectivity index is 1.61. The maximum Gasteiger partial charge on any atom is 0.345 e. The van der Waals surface area contributed by atoms with Crippen LogP contribution in [0.25, 0.3) is 0 Å². The zero-order valence-electron chi connectivity index (χ0n) is 18.0. The molecule has 0 spiro atoms. The first kappa shape index (κ1) is 24.9. The quantitative estimate of drug-likeness (QED) is 0.241. The first-order valence-corrected chi connectivity index (χ1v) is 12.3. The summed E-state index contributed by atoms with van der Waals surface area (Å²) in [5, 5.41) is 1.27. The zero-order valence-corrected chi connectivity index (χ0v) is 21.0. The van der Waals surface area contributed by atoms with Gasteiger partial charge in [0.1, 0.15) is 11.5 Å². The van der Waals surface area contributed by atoms with Gasteiger partial charge in [-0.15, -0.1) is 0 Å². The molecular weight excluding hydrogens is 518 g/mol. The first-order chi connectivity index (χ1) is 16.3. The molecule has 0 atom stereocenters. The highest BCUT2D eigenvalue weighted by Gasteiger charge is 2.24. The van der Waals surface area contributed by atoms with E-state index in [1.165, 1.54) is 24.3 Å². The second-order valence-electron chi connectivity index (χ2n) is 8.06.